The van der Waals surface area contributed by atoms with Gasteiger partial charge in [0.05, 0.1) is 11.9 Å². The lowest BCUT2D eigenvalue weighted by Gasteiger charge is -2.04. The van der Waals surface area contributed by atoms with E-state index in [2.05, 4.69) is 102 Å². The van der Waals surface area contributed by atoms with Crippen LogP contribution < -0.4 is 10.3 Å². The maximum atomic E-state index is 5.74. The first kappa shape index (κ1) is 17.2. The Kier molecular flexibility index (Phi) is 5.08. The Hall–Kier alpha value is -3.23. The molecule has 2 N–H and O–H groups in total. The van der Waals surface area contributed by atoms with Crippen LogP contribution in [0.4, 0.5) is 0 Å². The molecular formula is C25H23N2+. The van der Waals surface area contributed by atoms with E-state index in [0.29, 0.717) is 6.54 Å². The normalized spacial score (nSPS) is 11.3. The highest BCUT2D eigenvalue weighted by atomic mass is 15.0. The van der Waals surface area contributed by atoms with Crippen LogP contribution in [0.2, 0.25) is 0 Å². The second-order valence-corrected chi connectivity index (χ2v) is 6.59. The molecule has 2 heteroatoms. The Morgan fingerprint density at radius 1 is 0.704 bits per heavy atom. The van der Waals surface area contributed by atoms with Crippen molar-refractivity contribution in [1.29, 1.82) is 0 Å². The zero-order valence-corrected chi connectivity index (χ0v) is 15.3. The molecule has 1 aromatic heterocycles. The lowest BCUT2D eigenvalue weighted by atomic mass is 10.0. The first-order valence-electron chi connectivity index (χ1n) is 9.30. The van der Waals surface area contributed by atoms with Gasteiger partial charge in [-0.1, -0.05) is 78.9 Å². The fourth-order valence-electron chi connectivity index (χ4n) is 3.39. The predicted molar refractivity (Wildman–Crippen MR) is 114 cm³/mol. The molecule has 0 saturated heterocycles. The van der Waals surface area contributed by atoms with Crippen LogP contribution in [-0.4, -0.2) is 6.54 Å². The zero-order valence-electron chi connectivity index (χ0n) is 15.3. The van der Waals surface area contributed by atoms with Crippen molar-refractivity contribution in [3.63, 3.8) is 0 Å². The lowest BCUT2D eigenvalue weighted by molar-refractivity contribution is -0.668. The van der Waals surface area contributed by atoms with Crippen LogP contribution in [-0.2, 0) is 6.54 Å². The van der Waals surface area contributed by atoms with Crippen molar-refractivity contribution in [2.45, 2.75) is 6.54 Å². The minimum atomic E-state index is 0.637. The average molecular weight is 351 g/mol. The monoisotopic (exact) mass is 351 g/mol. The van der Waals surface area contributed by atoms with E-state index in [4.69, 9.17) is 5.73 Å². The van der Waals surface area contributed by atoms with E-state index < -0.39 is 0 Å². The number of aromatic nitrogens is 1. The maximum absolute atomic E-state index is 5.74. The molecule has 0 fully saturated rings. The summed E-state index contributed by atoms with van der Waals surface area (Å²) in [4.78, 5) is 0. The van der Waals surface area contributed by atoms with Crippen molar-refractivity contribution < 1.29 is 4.57 Å². The smallest absolute Gasteiger partial charge is 0.213 e. The maximum Gasteiger partial charge on any atom is 0.213 e. The van der Waals surface area contributed by atoms with Crippen molar-refractivity contribution in [1.82, 2.24) is 0 Å². The number of pyridine rings is 1. The van der Waals surface area contributed by atoms with Crippen molar-refractivity contribution in [3.8, 4) is 11.1 Å². The number of hydrogen-bond acceptors (Lipinski definition) is 1. The third kappa shape index (κ3) is 3.81. The highest BCUT2D eigenvalue weighted by molar-refractivity contribution is 5.88. The van der Waals surface area contributed by atoms with Crippen LogP contribution in [0.15, 0.2) is 91.1 Å². The van der Waals surface area contributed by atoms with Crippen LogP contribution in [0.5, 0.6) is 0 Å². The molecule has 0 unspecified atom stereocenters. The van der Waals surface area contributed by atoms with Gasteiger partial charge in [-0.25, -0.2) is 0 Å². The molecule has 132 valence electrons. The highest BCUT2D eigenvalue weighted by Crippen LogP contribution is 2.21. The van der Waals surface area contributed by atoms with Gasteiger partial charge in [-0.15, -0.1) is 0 Å². The van der Waals surface area contributed by atoms with Crippen molar-refractivity contribution in [2.24, 2.45) is 5.73 Å². The molecule has 0 aliphatic rings. The fourth-order valence-corrected chi connectivity index (χ4v) is 3.39. The van der Waals surface area contributed by atoms with Crippen LogP contribution in [0.25, 0.3) is 34.2 Å². The molecule has 0 aliphatic heterocycles. The Morgan fingerprint density at radius 3 is 2.19 bits per heavy atom. The van der Waals surface area contributed by atoms with E-state index in [1.807, 2.05) is 6.07 Å². The van der Waals surface area contributed by atoms with Gasteiger partial charge in [0.15, 0.2) is 12.7 Å². The molecular weight excluding hydrogens is 328 g/mol. The molecule has 27 heavy (non-hydrogen) atoms. The van der Waals surface area contributed by atoms with Gasteiger partial charge >= 0.3 is 0 Å². The topological polar surface area (TPSA) is 29.9 Å². The van der Waals surface area contributed by atoms with Crippen LogP contribution in [0.1, 0.15) is 11.1 Å². The van der Waals surface area contributed by atoms with E-state index in [9.17, 15) is 0 Å². The molecule has 0 aliphatic carbocycles. The number of hydrogen-bond donors (Lipinski definition) is 1. The molecule has 4 rings (SSSR count). The molecule has 0 amide bonds. The summed E-state index contributed by atoms with van der Waals surface area (Å²) in [7, 11) is 0. The zero-order chi connectivity index (χ0) is 18.5. The summed E-state index contributed by atoms with van der Waals surface area (Å²) in [6, 6.07) is 29.8. The number of para-hydroxylation sites is 1. The number of nitrogens with zero attached hydrogens (tertiary/aromatic N) is 1. The third-order valence-corrected chi connectivity index (χ3v) is 4.80. The number of benzene rings is 3. The molecule has 1 heterocycles. The van der Waals surface area contributed by atoms with Crippen LogP contribution in [0, 0.1) is 0 Å². The fraction of sp³-hybridized carbons (Fsp3) is 0.0800. The van der Waals surface area contributed by atoms with Gasteiger partial charge in [0.2, 0.25) is 5.52 Å². The molecule has 2 nitrogen and oxygen atoms in total. The van der Waals surface area contributed by atoms with Crippen LogP contribution in [0.3, 0.4) is 0 Å². The minimum Gasteiger partial charge on any atom is -0.325 e. The molecule has 0 atom stereocenters. The van der Waals surface area contributed by atoms with Crippen molar-refractivity contribution in [2.75, 3.05) is 6.54 Å². The van der Waals surface area contributed by atoms with Gasteiger partial charge in [0.25, 0.3) is 0 Å². The van der Waals surface area contributed by atoms with Crippen molar-refractivity contribution >= 4 is 23.1 Å². The van der Waals surface area contributed by atoms with E-state index in [1.165, 1.54) is 33.2 Å². The summed E-state index contributed by atoms with van der Waals surface area (Å²) in [5, 5.41) is 1.24. The van der Waals surface area contributed by atoms with Crippen LogP contribution >= 0.6 is 0 Å². The molecule has 0 bridgehead atoms. The largest absolute Gasteiger partial charge is 0.325 e. The van der Waals surface area contributed by atoms with Gasteiger partial charge in [-0.05, 0) is 28.3 Å². The second-order valence-electron chi connectivity index (χ2n) is 6.59. The summed E-state index contributed by atoms with van der Waals surface area (Å²) in [6.45, 7) is 1.46. The summed E-state index contributed by atoms with van der Waals surface area (Å²) in [5.74, 6) is 0. The number of fused-ring (bicyclic) bond motifs is 1. The quantitative estimate of drug-likeness (QED) is 0.508. The second kappa shape index (κ2) is 7.98. The summed E-state index contributed by atoms with van der Waals surface area (Å²) >= 11 is 0. The Balaban J connectivity index is 1.62. The SMILES string of the molecule is NCC[n+]1ccc(/C=C/c2ccc(-c3ccccc3)cc2)c2ccccc21. The first-order chi connectivity index (χ1) is 13.3. The van der Waals surface area contributed by atoms with E-state index in [0.717, 1.165) is 6.54 Å². The van der Waals surface area contributed by atoms with E-state index in [-0.39, 0.29) is 0 Å². The van der Waals surface area contributed by atoms with Gasteiger partial charge in [0.1, 0.15) is 0 Å². The summed E-state index contributed by atoms with van der Waals surface area (Å²) in [6.07, 6.45) is 6.48. The third-order valence-electron chi connectivity index (χ3n) is 4.80. The minimum absolute atomic E-state index is 0.637. The average Bonchev–Trinajstić information content (AvgIpc) is 2.74. The standard InChI is InChI=1S/C25H23N2/c26-17-19-27-18-16-23(24-8-4-5-9-25(24)27)15-12-20-10-13-22(14-11-20)21-6-2-1-3-7-21/h1-16,18H,17,19,26H2/q+1/b15-12+. The molecule has 0 radical (unpaired) electrons. The first-order valence-corrected chi connectivity index (χ1v) is 9.30. The number of nitrogens with two attached hydrogens (primary N) is 1. The molecule has 4 aromatic rings. The van der Waals surface area contributed by atoms with Gasteiger partial charge in [-0.3, -0.25) is 0 Å². The highest BCUT2D eigenvalue weighted by Gasteiger charge is 2.09. The van der Waals surface area contributed by atoms with Gasteiger partial charge in [0, 0.05) is 12.1 Å². The summed E-state index contributed by atoms with van der Waals surface area (Å²) < 4.78 is 2.21. The molecule has 0 saturated carbocycles. The van der Waals surface area contributed by atoms with Gasteiger partial charge < -0.3 is 5.73 Å². The molecule has 0 spiro atoms. The van der Waals surface area contributed by atoms with E-state index in [1.54, 1.807) is 0 Å². The Morgan fingerprint density at radius 2 is 1.41 bits per heavy atom. The van der Waals surface area contributed by atoms with Gasteiger partial charge in [-0.2, -0.15) is 4.57 Å². The van der Waals surface area contributed by atoms with Crippen molar-refractivity contribution in [3.05, 3.63) is 102 Å². The predicted octanol–water partition coefficient (Wildman–Crippen LogP) is 4.92. The Bertz CT molecular complexity index is 1060. The summed E-state index contributed by atoms with van der Waals surface area (Å²) in [5.41, 5.74) is 11.8. The number of rotatable bonds is 5. The van der Waals surface area contributed by atoms with E-state index >= 15 is 0 Å². The lowest BCUT2D eigenvalue weighted by Crippen LogP contribution is -2.37. The molecule has 3 aromatic carbocycles. The Labute approximate surface area is 160 Å².